The van der Waals surface area contributed by atoms with Crippen molar-refractivity contribution >= 4 is 17.8 Å². The number of carbonyl (C=O) groups is 3. The third kappa shape index (κ3) is 5.32. The van der Waals surface area contributed by atoms with Gasteiger partial charge in [-0.3, -0.25) is 9.59 Å². The molecule has 0 unspecified atom stereocenters. The first-order chi connectivity index (χ1) is 11.0. The molecule has 4 atom stereocenters. The summed E-state index contributed by atoms with van der Waals surface area (Å²) in [7, 11) is 1.57. The molecule has 0 aromatic carbocycles. The highest BCUT2D eigenvalue weighted by Crippen LogP contribution is 2.41. The van der Waals surface area contributed by atoms with E-state index in [2.05, 4.69) is 5.32 Å². The Balaban J connectivity index is 0.000000351. The van der Waals surface area contributed by atoms with Gasteiger partial charge >= 0.3 is 12.1 Å². The fraction of sp³-hybridized carbons (Fsp3) is 0.769. The van der Waals surface area contributed by atoms with Crippen molar-refractivity contribution in [1.82, 2.24) is 10.2 Å². The third-order valence-corrected chi connectivity index (χ3v) is 3.85. The monoisotopic (exact) mass is 357 g/mol. The molecule has 0 spiro atoms. The zero-order chi connectivity index (χ0) is 18.7. The van der Waals surface area contributed by atoms with Gasteiger partial charge < -0.3 is 21.1 Å². The van der Waals surface area contributed by atoms with Crippen LogP contribution >= 0.6 is 0 Å². The molecule has 2 fully saturated rings. The van der Waals surface area contributed by atoms with E-state index < -0.39 is 24.4 Å². The second-order valence-electron chi connectivity index (χ2n) is 5.62. The van der Waals surface area contributed by atoms with E-state index in [4.69, 9.17) is 15.6 Å². The van der Waals surface area contributed by atoms with Crippen molar-refractivity contribution in [1.29, 1.82) is 0 Å². The standard InChI is InChI=1S/C11H18FN3O2.C2HF3O2/c1-14-10(16)8-4-7(8)9(13)11(17)15-3-2-6(12)5-15;3-2(4,5)1(6)7/h6-9H,2-5,13H2,1H3,(H,14,16);(H,6,7)/t6-,7+,8-,9-;/m0./s1. The SMILES string of the molecule is CNC(=O)[C@H]1C[C@H]1[C@H](N)C(=O)N1CC[C@H](F)C1.O=C(O)C(F)(F)F. The van der Waals surface area contributed by atoms with Crippen molar-refractivity contribution in [2.45, 2.75) is 31.2 Å². The van der Waals surface area contributed by atoms with Gasteiger partial charge in [0.25, 0.3) is 0 Å². The number of hydrogen-bond acceptors (Lipinski definition) is 4. The summed E-state index contributed by atoms with van der Waals surface area (Å²) in [6.07, 6.45) is -4.97. The van der Waals surface area contributed by atoms with E-state index in [-0.39, 0.29) is 30.2 Å². The molecule has 0 radical (unpaired) electrons. The number of amides is 2. The molecule has 1 heterocycles. The first-order valence-corrected chi connectivity index (χ1v) is 7.19. The van der Waals surface area contributed by atoms with Crippen molar-refractivity contribution in [2.24, 2.45) is 17.6 Å². The number of carboxylic acid groups (broad SMARTS) is 1. The number of carbonyl (C=O) groups excluding carboxylic acids is 2. The molecule has 2 aliphatic rings. The molecule has 1 aliphatic carbocycles. The molecular weight excluding hydrogens is 338 g/mol. The Morgan fingerprint density at radius 3 is 2.25 bits per heavy atom. The van der Waals surface area contributed by atoms with Gasteiger partial charge in [0.2, 0.25) is 11.8 Å². The minimum atomic E-state index is -5.08. The van der Waals surface area contributed by atoms with Crippen molar-refractivity contribution in [2.75, 3.05) is 20.1 Å². The molecule has 138 valence electrons. The molecule has 0 aromatic heterocycles. The Kier molecular flexibility index (Phi) is 6.52. The highest BCUT2D eigenvalue weighted by Gasteiger charge is 2.49. The number of aliphatic carboxylic acids is 1. The lowest BCUT2D eigenvalue weighted by molar-refractivity contribution is -0.192. The molecule has 7 nitrogen and oxygen atoms in total. The zero-order valence-corrected chi connectivity index (χ0v) is 12.8. The van der Waals surface area contributed by atoms with Gasteiger partial charge in [0.15, 0.2) is 0 Å². The summed E-state index contributed by atoms with van der Waals surface area (Å²) in [6.45, 7) is 0.578. The molecule has 11 heteroatoms. The Hall–Kier alpha value is -1.91. The van der Waals surface area contributed by atoms with Gasteiger partial charge in [-0.2, -0.15) is 13.2 Å². The molecule has 0 bridgehead atoms. The number of nitrogens with zero attached hydrogens (tertiary/aromatic N) is 1. The molecule has 2 amide bonds. The van der Waals surface area contributed by atoms with Crippen molar-refractivity contribution < 1.29 is 37.1 Å². The van der Waals surface area contributed by atoms with E-state index in [0.717, 1.165) is 0 Å². The molecule has 2 rings (SSSR count). The Labute approximate surface area is 135 Å². The predicted octanol–water partition coefficient (Wildman–Crippen LogP) is -0.100. The summed E-state index contributed by atoms with van der Waals surface area (Å²) in [5, 5.41) is 9.67. The minimum absolute atomic E-state index is 0.0666. The Bertz CT molecular complexity index is 500. The van der Waals surface area contributed by atoms with Crippen LogP contribution in [0.4, 0.5) is 17.6 Å². The summed E-state index contributed by atoms with van der Waals surface area (Å²) in [4.78, 5) is 33.6. The van der Waals surface area contributed by atoms with E-state index in [1.807, 2.05) is 0 Å². The molecule has 1 saturated carbocycles. The fourth-order valence-electron chi connectivity index (χ4n) is 2.41. The number of alkyl halides is 4. The zero-order valence-electron chi connectivity index (χ0n) is 12.8. The molecule has 24 heavy (non-hydrogen) atoms. The number of likely N-dealkylation sites (tertiary alicyclic amines) is 1. The summed E-state index contributed by atoms with van der Waals surface area (Å²) < 4.78 is 44.7. The van der Waals surface area contributed by atoms with Crippen LogP contribution in [0.25, 0.3) is 0 Å². The van der Waals surface area contributed by atoms with Crippen LogP contribution in [0.2, 0.25) is 0 Å². The lowest BCUT2D eigenvalue weighted by Crippen LogP contribution is -2.45. The van der Waals surface area contributed by atoms with Crippen LogP contribution in [0.3, 0.4) is 0 Å². The van der Waals surface area contributed by atoms with Gasteiger partial charge in [-0.05, 0) is 18.8 Å². The quantitative estimate of drug-likeness (QED) is 0.611. The second kappa shape index (κ2) is 7.77. The van der Waals surface area contributed by atoms with Gasteiger partial charge in [-0.15, -0.1) is 0 Å². The molecule has 0 aromatic rings. The van der Waals surface area contributed by atoms with Gasteiger partial charge in [-0.1, -0.05) is 0 Å². The highest BCUT2D eigenvalue weighted by molar-refractivity contribution is 5.87. The van der Waals surface area contributed by atoms with Crippen LogP contribution in [0, 0.1) is 11.8 Å². The van der Waals surface area contributed by atoms with Crippen LogP contribution in [0.1, 0.15) is 12.8 Å². The summed E-state index contributed by atoms with van der Waals surface area (Å²) in [5.41, 5.74) is 5.84. The molecule has 1 aliphatic heterocycles. The van der Waals surface area contributed by atoms with Crippen LogP contribution in [0.15, 0.2) is 0 Å². The van der Waals surface area contributed by atoms with Crippen molar-refractivity contribution in [3.8, 4) is 0 Å². The number of nitrogens with one attached hydrogen (secondary N) is 1. The van der Waals surface area contributed by atoms with Crippen molar-refractivity contribution in [3.05, 3.63) is 0 Å². The van der Waals surface area contributed by atoms with Crippen LogP contribution in [-0.2, 0) is 14.4 Å². The van der Waals surface area contributed by atoms with Crippen LogP contribution < -0.4 is 11.1 Å². The summed E-state index contributed by atoms with van der Waals surface area (Å²) in [6, 6.07) is -0.664. The van der Waals surface area contributed by atoms with Gasteiger partial charge in [0, 0.05) is 19.5 Å². The first-order valence-electron chi connectivity index (χ1n) is 7.19. The van der Waals surface area contributed by atoms with Crippen LogP contribution in [0.5, 0.6) is 0 Å². The topological polar surface area (TPSA) is 113 Å². The lowest BCUT2D eigenvalue weighted by Gasteiger charge is -2.20. The van der Waals surface area contributed by atoms with E-state index >= 15 is 0 Å². The second-order valence-corrected chi connectivity index (χ2v) is 5.62. The van der Waals surface area contributed by atoms with E-state index in [1.54, 1.807) is 7.05 Å². The maximum atomic E-state index is 13.0. The van der Waals surface area contributed by atoms with Crippen LogP contribution in [-0.4, -0.2) is 66.3 Å². The van der Waals surface area contributed by atoms with E-state index in [9.17, 15) is 27.2 Å². The number of halogens is 4. The molecule has 1 saturated heterocycles. The summed E-state index contributed by atoms with van der Waals surface area (Å²) >= 11 is 0. The average molecular weight is 357 g/mol. The first kappa shape index (κ1) is 20.1. The minimum Gasteiger partial charge on any atom is -0.475 e. The van der Waals surface area contributed by atoms with Gasteiger partial charge in [0.05, 0.1) is 12.6 Å². The van der Waals surface area contributed by atoms with Gasteiger partial charge in [0.1, 0.15) is 6.17 Å². The fourth-order valence-corrected chi connectivity index (χ4v) is 2.41. The smallest absolute Gasteiger partial charge is 0.475 e. The predicted molar refractivity (Wildman–Crippen MR) is 73.4 cm³/mol. The summed E-state index contributed by atoms with van der Waals surface area (Å²) in [5.74, 6) is -3.28. The normalized spacial score (nSPS) is 26.9. The van der Waals surface area contributed by atoms with E-state index in [0.29, 0.717) is 19.4 Å². The number of hydrogen-bond donors (Lipinski definition) is 3. The maximum absolute atomic E-state index is 13.0. The molecule has 4 N–H and O–H groups in total. The Morgan fingerprint density at radius 2 is 1.88 bits per heavy atom. The Morgan fingerprint density at radius 1 is 1.33 bits per heavy atom. The lowest BCUT2D eigenvalue weighted by atomic mass is 10.1. The number of carboxylic acids is 1. The highest BCUT2D eigenvalue weighted by atomic mass is 19.4. The van der Waals surface area contributed by atoms with E-state index in [1.165, 1.54) is 4.90 Å². The number of nitrogens with two attached hydrogens (primary N) is 1. The largest absolute Gasteiger partial charge is 0.490 e. The van der Waals surface area contributed by atoms with Crippen molar-refractivity contribution in [3.63, 3.8) is 0 Å². The third-order valence-electron chi connectivity index (χ3n) is 3.85. The molecular formula is C13H19F4N3O4. The van der Waals surface area contributed by atoms with Gasteiger partial charge in [-0.25, -0.2) is 9.18 Å². The number of rotatable bonds is 3. The maximum Gasteiger partial charge on any atom is 0.490 e. The average Bonchev–Trinajstić information content (AvgIpc) is 3.19.